The van der Waals surface area contributed by atoms with Gasteiger partial charge >= 0.3 is 0 Å². The standard InChI is InChI=1S/C23H28N2O3S/c1-2-18-10-12-20(13-11-18)25-22-17-29(27,28)16-21(22)24(15-23(25)26)14-6-9-19-7-4-3-5-8-19/h3-5,7-8,10-13,21-22H,2,6,9,14-17H2,1H3/t21-,22+/m0/s1. The second-order valence-electron chi connectivity index (χ2n) is 8.05. The van der Waals surface area contributed by atoms with E-state index in [1.807, 2.05) is 42.5 Å². The van der Waals surface area contributed by atoms with Crippen molar-refractivity contribution < 1.29 is 13.2 Å². The quantitative estimate of drug-likeness (QED) is 0.732. The number of piperazine rings is 1. The zero-order chi connectivity index (χ0) is 20.4. The molecule has 6 heteroatoms. The molecule has 0 aromatic heterocycles. The number of carbonyl (C=O) groups excluding carboxylic acids is 1. The van der Waals surface area contributed by atoms with Gasteiger partial charge in [0.25, 0.3) is 0 Å². The van der Waals surface area contributed by atoms with Crippen molar-refractivity contribution in [2.24, 2.45) is 0 Å². The van der Waals surface area contributed by atoms with Gasteiger partial charge in [-0.25, -0.2) is 8.42 Å². The maximum absolute atomic E-state index is 13.0. The summed E-state index contributed by atoms with van der Waals surface area (Å²) in [6.45, 7) is 3.11. The van der Waals surface area contributed by atoms with Gasteiger partial charge in [0.15, 0.2) is 9.84 Å². The Morgan fingerprint density at radius 2 is 1.62 bits per heavy atom. The third kappa shape index (κ3) is 4.38. The third-order valence-electron chi connectivity index (χ3n) is 6.08. The first kappa shape index (κ1) is 20.1. The van der Waals surface area contributed by atoms with Crippen LogP contribution in [0.1, 0.15) is 24.5 Å². The Labute approximate surface area is 173 Å². The van der Waals surface area contributed by atoms with Gasteiger partial charge in [-0.3, -0.25) is 9.69 Å². The summed E-state index contributed by atoms with van der Waals surface area (Å²) in [6.07, 6.45) is 2.77. The molecule has 2 fully saturated rings. The number of carbonyl (C=O) groups is 1. The fraction of sp³-hybridized carbons (Fsp3) is 0.435. The molecule has 0 unspecified atom stereocenters. The summed E-state index contributed by atoms with van der Waals surface area (Å²) < 4.78 is 24.9. The molecule has 2 aromatic carbocycles. The monoisotopic (exact) mass is 412 g/mol. The summed E-state index contributed by atoms with van der Waals surface area (Å²) in [5, 5.41) is 0. The van der Waals surface area contributed by atoms with Crippen molar-refractivity contribution in [1.82, 2.24) is 4.90 Å². The highest BCUT2D eigenvalue weighted by molar-refractivity contribution is 7.91. The molecule has 1 amide bonds. The average Bonchev–Trinajstić information content (AvgIpc) is 3.04. The zero-order valence-electron chi connectivity index (χ0n) is 16.8. The second kappa shape index (κ2) is 8.28. The van der Waals surface area contributed by atoms with Crippen molar-refractivity contribution in [3.63, 3.8) is 0 Å². The summed E-state index contributed by atoms with van der Waals surface area (Å²) in [5.41, 5.74) is 3.28. The van der Waals surface area contributed by atoms with E-state index in [-0.39, 0.29) is 36.0 Å². The predicted molar refractivity (Wildman–Crippen MR) is 116 cm³/mol. The molecule has 4 rings (SSSR count). The fourth-order valence-electron chi connectivity index (χ4n) is 4.56. The van der Waals surface area contributed by atoms with Gasteiger partial charge in [-0.15, -0.1) is 0 Å². The highest BCUT2D eigenvalue weighted by Crippen LogP contribution is 2.32. The zero-order valence-corrected chi connectivity index (χ0v) is 17.6. The van der Waals surface area contributed by atoms with Crippen molar-refractivity contribution in [3.8, 4) is 0 Å². The van der Waals surface area contributed by atoms with Crippen LogP contribution in [0, 0.1) is 0 Å². The summed E-state index contributed by atoms with van der Waals surface area (Å²) in [5.74, 6) is 0.181. The number of hydrogen-bond donors (Lipinski definition) is 0. The van der Waals surface area contributed by atoms with E-state index < -0.39 is 9.84 Å². The van der Waals surface area contributed by atoms with Crippen LogP contribution in [-0.2, 0) is 27.5 Å². The van der Waals surface area contributed by atoms with Gasteiger partial charge in [-0.1, -0.05) is 49.4 Å². The molecule has 0 spiro atoms. The van der Waals surface area contributed by atoms with E-state index in [0.717, 1.165) is 31.5 Å². The molecule has 2 aliphatic rings. The molecule has 0 radical (unpaired) electrons. The number of hydrogen-bond acceptors (Lipinski definition) is 4. The maximum atomic E-state index is 13.0. The Kier molecular flexibility index (Phi) is 5.74. The minimum absolute atomic E-state index is 0.00712. The lowest BCUT2D eigenvalue weighted by Gasteiger charge is -2.43. The average molecular weight is 413 g/mol. The number of aryl methyl sites for hydroxylation is 2. The van der Waals surface area contributed by atoms with Gasteiger partial charge in [-0.2, -0.15) is 0 Å². The molecule has 0 aliphatic carbocycles. The molecule has 29 heavy (non-hydrogen) atoms. The van der Waals surface area contributed by atoms with Crippen LogP contribution in [0.5, 0.6) is 0 Å². The summed E-state index contributed by atoms with van der Waals surface area (Å²) in [7, 11) is -3.15. The Balaban J connectivity index is 1.51. The minimum Gasteiger partial charge on any atom is -0.306 e. The number of amides is 1. The van der Waals surface area contributed by atoms with E-state index in [4.69, 9.17) is 0 Å². The van der Waals surface area contributed by atoms with Crippen LogP contribution in [0.4, 0.5) is 5.69 Å². The predicted octanol–water partition coefficient (Wildman–Crippen LogP) is 2.70. The first-order valence-corrected chi connectivity index (χ1v) is 12.2. The van der Waals surface area contributed by atoms with Crippen molar-refractivity contribution in [2.75, 3.05) is 29.5 Å². The highest BCUT2D eigenvalue weighted by atomic mass is 32.2. The molecular formula is C23H28N2O3S. The number of benzene rings is 2. The summed E-state index contributed by atoms with van der Waals surface area (Å²) in [6, 6.07) is 17.8. The van der Waals surface area contributed by atoms with Crippen molar-refractivity contribution in [3.05, 3.63) is 65.7 Å². The van der Waals surface area contributed by atoms with E-state index in [2.05, 4.69) is 24.0 Å². The molecule has 5 nitrogen and oxygen atoms in total. The first-order valence-electron chi connectivity index (χ1n) is 10.4. The molecule has 2 aromatic rings. The largest absolute Gasteiger partial charge is 0.306 e. The Morgan fingerprint density at radius 1 is 0.931 bits per heavy atom. The van der Waals surface area contributed by atoms with Crippen LogP contribution < -0.4 is 4.90 Å². The number of anilines is 1. The van der Waals surface area contributed by atoms with Crippen LogP contribution in [0.25, 0.3) is 0 Å². The lowest BCUT2D eigenvalue weighted by molar-refractivity contribution is -0.123. The van der Waals surface area contributed by atoms with Crippen molar-refractivity contribution in [1.29, 1.82) is 0 Å². The van der Waals surface area contributed by atoms with E-state index in [1.54, 1.807) is 4.90 Å². The van der Waals surface area contributed by atoms with Crippen molar-refractivity contribution >= 4 is 21.4 Å². The second-order valence-corrected chi connectivity index (χ2v) is 10.2. The smallest absolute Gasteiger partial charge is 0.241 e. The van der Waals surface area contributed by atoms with Crippen LogP contribution in [0.15, 0.2) is 54.6 Å². The number of fused-ring (bicyclic) bond motifs is 1. The van der Waals surface area contributed by atoms with Gasteiger partial charge in [-0.05, 0) is 49.1 Å². The van der Waals surface area contributed by atoms with E-state index in [9.17, 15) is 13.2 Å². The Bertz CT molecular complexity index is 957. The maximum Gasteiger partial charge on any atom is 0.241 e. The molecule has 2 saturated heterocycles. The SMILES string of the molecule is CCc1ccc(N2C(=O)CN(CCCc3ccccc3)[C@H]3CS(=O)(=O)C[C@H]32)cc1. The van der Waals surface area contributed by atoms with Crippen LogP contribution >= 0.6 is 0 Å². The lowest BCUT2D eigenvalue weighted by Crippen LogP contribution is -2.62. The number of rotatable bonds is 6. The van der Waals surface area contributed by atoms with Gasteiger partial charge in [0.2, 0.25) is 5.91 Å². The molecule has 154 valence electrons. The third-order valence-corrected chi connectivity index (χ3v) is 7.78. The van der Waals surface area contributed by atoms with Gasteiger partial charge < -0.3 is 4.90 Å². The molecule has 0 N–H and O–H groups in total. The molecule has 2 atom stereocenters. The van der Waals surface area contributed by atoms with Crippen LogP contribution in [0.2, 0.25) is 0 Å². The molecule has 2 heterocycles. The van der Waals surface area contributed by atoms with Gasteiger partial charge in [0.1, 0.15) is 0 Å². The van der Waals surface area contributed by atoms with Crippen molar-refractivity contribution in [2.45, 2.75) is 38.3 Å². The summed E-state index contributed by atoms with van der Waals surface area (Å²) in [4.78, 5) is 16.9. The summed E-state index contributed by atoms with van der Waals surface area (Å²) >= 11 is 0. The Hall–Kier alpha value is -2.18. The topological polar surface area (TPSA) is 57.7 Å². The molecular weight excluding hydrogens is 384 g/mol. The van der Waals surface area contributed by atoms with E-state index in [1.165, 1.54) is 11.1 Å². The van der Waals surface area contributed by atoms with Crippen LogP contribution in [0.3, 0.4) is 0 Å². The molecule has 0 saturated carbocycles. The first-order chi connectivity index (χ1) is 14.0. The van der Waals surface area contributed by atoms with Gasteiger partial charge in [0.05, 0.1) is 24.1 Å². The highest BCUT2D eigenvalue weighted by Gasteiger charge is 2.49. The lowest BCUT2D eigenvalue weighted by atomic mass is 10.0. The van der Waals surface area contributed by atoms with E-state index in [0.29, 0.717) is 0 Å². The number of nitrogens with zero attached hydrogens (tertiary/aromatic N) is 2. The minimum atomic E-state index is -3.15. The fourth-order valence-corrected chi connectivity index (χ4v) is 6.54. The number of sulfone groups is 1. The Morgan fingerprint density at radius 3 is 2.31 bits per heavy atom. The van der Waals surface area contributed by atoms with Gasteiger partial charge in [0, 0.05) is 11.7 Å². The van der Waals surface area contributed by atoms with Crippen LogP contribution in [-0.4, -0.2) is 55.9 Å². The molecule has 0 bridgehead atoms. The molecule has 2 aliphatic heterocycles. The normalized spacial score (nSPS) is 23.9. The van der Waals surface area contributed by atoms with E-state index >= 15 is 0 Å².